The molecule has 1 atom stereocenters. The summed E-state index contributed by atoms with van der Waals surface area (Å²) in [5, 5.41) is 9.29. The van der Waals surface area contributed by atoms with Gasteiger partial charge in [-0.1, -0.05) is 12.1 Å². The second-order valence-electron chi connectivity index (χ2n) is 6.19. The molecule has 1 unspecified atom stereocenters. The van der Waals surface area contributed by atoms with E-state index >= 15 is 0 Å². The standard InChI is InChI=1S/C16H24N2O2/c1-16(2,13-5-7-14(17)8-6-13)15(20)18-9-3-4-12(10-18)11-19/h5-8,12,19H,3-4,9-11,17H2,1-2H3. The lowest BCUT2D eigenvalue weighted by Gasteiger charge is -2.37. The third kappa shape index (κ3) is 2.96. The summed E-state index contributed by atoms with van der Waals surface area (Å²) in [7, 11) is 0. The van der Waals surface area contributed by atoms with Gasteiger partial charge in [-0.2, -0.15) is 0 Å². The Bertz CT molecular complexity index is 468. The summed E-state index contributed by atoms with van der Waals surface area (Å²) in [5.74, 6) is 0.343. The van der Waals surface area contributed by atoms with Gasteiger partial charge in [-0.15, -0.1) is 0 Å². The van der Waals surface area contributed by atoms with E-state index in [9.17, 15) is 9.90 Å². The van der Waals surface area contributed by atoms with Gasteiger partial charge in [0, 0.05) is 25.4 Å². The van der Waals surface area contributed by atoms with Gasteiger partial charge in [0.1, 0.15) is 0 Å². The number of benzene rings is 1. The Morgan fingerprint density at radius 2 is 2.05 bits per heavy atom. The molecule has 4 nitrogen and oxygen atoms in total. The molecule has 1 saturated heterocycles. The minimum absolute atomic E-state index is 0.125. The monoisotopic (exact) mass is 276 g/mol. The van der Waals surface area contributed by atoms with E-state index in [-0.39, 0.29) is 18.4 Å². The number of amides is 1. The normalized spacial score (nSPS) is 19.9. The lowest BCUT2D eigenvalue weighted by atomic mass is 9.82. The van der Waals surface area contributed by atoms with Crippen molar-refractivity contribution in [2.75, 3.05) is 25.4 Å². The first-order valence-corrected chi connectivity index (χ1v) is 7.21. The summed E-state index contributed by atoms with van der Waals surface area (Å²) in [6.45, 7) is 5.50. The van der Waals surface area contributed by atoms with Crippen molar-refractivity contribution in [1.29, 1.82) is 0 Å². The highest BCUT2D eigenvalue weighted by Crippen LogP contribution is 2.28. The number of nitrogens with zero attached hydrogens (tertiary/aromatic N) is 1. The Morgan fingerprint density at radius 1 is 1.40 bits per heavy atom. The Kier molecular flexibility index (Phi) is 4.33. The predicted octanol–water partition coefficient (Wildman–Crippen LogP) is 1.78. The fourth-order valence-corrected chi connectivity index (χ4v) is 2.82. The van der Waals surface area contributed by atoms with E-state index in [1.807, 2.05) is 43.0 Å². The molecule has 20 heavy (non-hydrogen) atoms. The van der Waals surface area contributed by atoms with Gasteiger partial charge in [-0.25, -0.2) is 0 Å². The molecule has 110 valence electrons. The second-order valence-corrected chi connectivity index (χ2v) is 6.19. The molecule has 0 aromatic heterocycles. The zero-order chi connectivity index (χ0) is 14.8. The first-order valence-electron chi connectivity index (χ1n) is 7.21. The Labute approximate surface area is 120 Å². The van der Waals surface area contributed by atoms with Gasteiger partial charge in [0.25, 0.3) is 0 Å². The van der Waals surface area contributed by atoms with E-state index in [0.29, 0.717) is 12.2 Å². The van der Waals surface area contributed by atoms with Crippen LogP contribution in [0.15, 0.2) is 24.3 Å². The van der Waals surface area contributed by atoms with Gasteiger partial charge in [0.05, 0.1) is 5.41 Å². The number of likely N-dealkylation sites (tertiary alicyclic amines) is 1. The van der Waals surface area contributed by atoms with Crippen molar-refractivity contribution in [1.82, 2.24) is 4.90 Å². The number of anilines is 1. The third-order valence-corrected chi connectivity index (χ3v) is 4.23. The number of nitrogen functional groups attached to an aromatic ring is 1. The summed E-state index contributed by atoms with van der Waals surface area (Å²) in [6.07, 6.45) is 1.97. The van der Waals surface area contributed by atoms with E-state index in [4.69, 9.17) is 5.73 Å². The topological polar surface area (TPSA) is 66.6 Å². The molecule has 1 heterocycles. The Hall–Kier alpha value is -1.55. The highest BCUT2D eigenvalue weighted by molar-refractivity contribution is 5.87. The number of aliphatic hydroxyl groups is 1. The Balaban J connectivity index is 2.16. The summed E-state index contributed by atoms with van der Waals surface area (Å²) in [6, 6.07) is 7.50. The van der Waals surface area contributed by atoms with E-state index in [1.54, 1.807) is 0 Å². The predicted molar refractivity (Wildman–Crippen MR) is 80.3 cm³/mol. The number of aliphatic hydroxyl groups excluding tert-OH is 1. The van der Waals surface area contributed by atoms with Crippen LogP contribution >= 0.6 is 0 Å². The lowest BCUT2D eigenvalue weighted by Crippen LogP contribution is -2.48. The van der Waals surface area contributed by atoms with Crippen LogP contribution in [0.2, 0.25) is 0 Å². The molecule has 3 N–H and O–H groups in total. The molecule has 0 saturated carbocycles. The van der Waals surface area contributed by atoms with Gasteiger partial charge in [0.2, 0.25) is 5.91 Å². The molecular weight excluding hydrogens is 252 g/mol. The molecule has 1 aliphatic rings. The number of carbonyl (C=O) groups excluding carboxylic acids is 1. The third-order valence-electron chi connectivity index (χ3n) is 4.23. The van der Waals surface area contributed by atoms with Gasteiger partial charge in [-0.05, 0) is 50.3 Å². The zero-order valence-electron chi connectivity index (χ0n) is 12.3. The number of hydrogen-bond donors (Lipinski definition) is 2. The molecule has 1 aromatic carbocycles. The SMILES string of the molecule is CC(C)(C(=O)N1CCCC(CO)C1)c1ccc(N)cc1. The number of carbonyl (C=O) groups is 1. The lowest BCUT2D eigenvalue weighted by molar-refractivity contribution is -0.138. The van der Waals surface area contributed by atoms with Gasteiger partial charge >= 0.3 is 0 Å². The average molecular weight is 276 g/mol. The van der Waals surface area contributed by atoms with Crippen LogP contribution in [-0.2, 0) is 10.2 Å². The number of rotatable bonds is 3. The molecule has 1 amide bonds. The summed E-state index contributed by atoms with van der Waals surface area (Å²) in [5.41, 5.74) is 6.82. The van der Waals surface area contributed by atoms with Crippen molar-refractivity contribution >= 4 is 11.6 Å². The maximum atomic E-state index is 12.8. The van der Waals surface area contributed by atoms with Crippen molar-refractivity contribution < 1.29 is 9.90 Å². The van der Waals surface area contributed by atoms with Crippen LogP contribution in [0.5, 0.6) is 0 Å². The highest BCUT2D eigenvalue weighted by atomic mass is 16.3. The van der Waals surface area contributed by atoms with E-state index < -0.39 is 5.41 Å². The first-order chi connectivity index (χ1) is 9.45. The average Bonchev–Trinajstić information content (AvgIpc) is 2.47. The highest BCUT2D eigenvalue weighted by Gasteiger charge is 2.35. The van der Waals surface area contributed by atoms with Crippen molar-refractivity contribution in [3.8, 4) is 0 Å². The van der Waals surface area contributed by atoms with Gasteiger partial charge in [-0.3, -0.25) is 4.79 Å². The molecule has 0 bridgehead atoms. The van der Waals surface area contributed by atoms with Crippen LogP contribution < -0.4 is 5.73 Å². The van der Waals surface area contributed by atoms with Crippen molar-refractivity contribution in [2.45, 2.75) is 32.1 Å². The summed E-state index contributed by atoms with van der Waals surface area (Å²) < 4.78 is 0. The summed E-state index contributed by atoms with van der Waals surface area (Å²) >= 11 is 0. The maximum Gasteiger partial charge on any atom is 0.232 e. The first kappa shape index (κ1) is 14.9. The molecule has 0 aliphatic carbocycles. The zero-order valence-corrected chi connectivity index (χ0v) is 12.3. The smallest absolute Gasteiger partial charge is 0.232 e. The summed E-state index contributed by atoms with van der Waals surface area (Å²) in [4.78, 5) is 14.7. The van der Waals surface area contributed by atoms with Crippen LogP contribution in [0, 0.1) is 5.92 Å². The molecule has 1 aliphatic heterocycles. The van der Waals surface area contributed by atoms with Crippen molar-refractivity contribution in [3.05, 3.63) is 29.8 Å². The van der Waals surface area contributed by atoms with Crippen LogP contribution in [0.25, 0.3) is 0 Å². The number of hydrogen-bond acceptors (Lipinski definition) is 3. The van der Waals surface area contributed by atoms with Crippen LogP contribution in [0.4, 0.5) is 5.69 Å². The molecular formula is C16H24N2O2. The van der Waals surface area contributed by atoms with Crippen LogP contribution in [-0.4, -0.2) is 35.6 Å². The van der Waals surface area contributed by atoms with Gasteiger partial charge in [0.15, 0.2) is 0 Å². The molecule has 0 radical (unpaired) electrons. The van der Waals surface area contributed by atoms with Gasteiger partial charge < -0.3 is 15.7 Å². The number of nitrogens with two attached hydrogens (primary N) is 1. The quantitative estimate of drug-likeness (QED) is 0.827. The second kappa shape index (κ2) is 5.83. The van der Waals surface area contributed by atoms with E-state index in [1.165, 1.54) is 0 Å². The molecule has 1 fully saturated rings. The minimum atomic E-state index is -0.564. The maximum absolute atomic E-state index is 12.8. The molecule has 2 rings (SSSR count). The largest absolute Gasteiger partial charge is 0.399 e. The van der Waals surface area contributed by atoms with Crippen LogP contribution in [0.1, 0.15) is 32.3 Å². The fourth-order valence-electron chi connectivity index (χ4n) is 2.82. The van der Waals surface area contributed by atoms with Crippen molar-refractivity contribution in [3.63, 3.8) is 0 Å². The van der Waals surface area contributed by atoms with Crippen LogP contribution in [0.3, 0.4) is 0 Å². The Morgan fingerprint density at radius 3 is 2.65 bits per heavy atom. The number of piperidine rings is 1. The van der Waals surface area contributed by atoms with Crippen molar-refractivity contribution in [2.24, 2.45) is 5.92 Å². The van der Waals surface area contributed by atoms with E-state index in [2.05, 4.69) is 0 Å². The molecule has 4 heteroatoms. The minimum Gasteiger partial charge on any atom is -0.399 e. The van der Waals surface area contributed by atoms with E-state index in [0.717, 1.165) is 24.9 Å². The molecule has 0 spiro atoms. The molecule has 1 aromatic rings. The fraction of sp³-hybridized carbons (Fsp3) is 0.562.